The third kappa shape index (κ3) is 1.08. The number of hydrogen-bond donors (Lipinski definition) is 0. The maximum atomic E-state index is 5.92. The van der Waals surface area contributed by atoms with Crippen molar-refractivity contribution in [1.82, 2.24) is 0 Å². The highest BCUT2D eigenvalue weighted by atomic mass is 35.5. The lowest BCUT2D eigenvalue weighted by Crippen LogP contribution is -1.73. The standard InChI is InChI=1S/C10H9Cl/c1-7-9(10(7)11)8-5-3-2-4-6-8/h2-7H,1H3. The lowest BCUT2D eigenvalue weighted by atomic mass is 10.1. The van der Waals surface area contributed by atoms with E-state index in [0.29, 0.717) is 5.92 Å². The molecule has 0 aromatic heterocycles. The molecular weight excluding hydrogens is 156 g/mol. The molecule has 0 amide bonds. The summed E-state index contributed by atoms with van der Waals surface area (Å²) in [6, 6.07) is 10.3. The largest absolute Gasteiger partial charge is 0.0881 e. The van der Waals surface area contributed by atoms with Gasteiger partial charge < -0.3 is 0 Å². The molecule has 1 atom stereocenters. The predicted molar refractivity (Wildman–Crippen MR) is 48.4 cm³/mol. The Labute approximate surface area is 71.5 Å². The van der Waals surface area contributed by atoms with Crippen LogP contribution in [-0.4, -0.2) is 0 Å². The van der Waals surface area contributed by atoms with Gasteiger partial charge in [0, 0.05) is 11.0 Å². The normalized spacial score (nSPS) is 22.2. The minimum absolute atomic E-state index is 0.499. The van der Waals surface area contributed by atoms with Crippen molar-refractivity contribution in [3.8, 4) is 0 Å². The van der Waals surface area contributed by atoms with Crippen molar-refractivity contribution >= 4 is 17.2 Å². The van der Waals surface area contributed by atoms with Gasteiger partial charge in [0.2, 0.25) is 0 Å². The summed E-state index contributed by atoms with van der Waals surface area (Å²) in [6.45, 7) is 2.13. The molecule has 0 saturated carbocycles. The predicted octanol–water partition coefficient (Wildman–Crippen LogP) is 3.29. The summed E-state index contributed by atoms with van der Waals surface area (Å²) in [5.41, 5.74) is 2.58. The van der Waals surface area contributed by atoms with E-state index in [2.05, 4.69) is 19.1 Å². The smallest absolute Gasteiger partial charge is 0.0298 e. The molecule has 0 bridgehead atoms. The molecule has 0 fully saturated rings. The van der Waals surface area contributed by atoms with Crippen molar-refractivity contribution in [3.05, 3.63) is 40.9 Å². The SMILES string of the molecule is CC1C(Cl)=C1c1ccccc1. The van der Waals surface area contributed by atoms with Crippen molar-refractivity contribution < 1.29 is 0 Å². The van der Waals surface area contributed by atoms with E-state index in [1.165, 1.54) is 11.1 Å². The zero-order chi connectivity index (χ0) is 7.84. The quantitative estimate of drug-likeness (QED) is 0.598. The van der Waals surface area contributed by atoms with Crippen LogP contribution < -0.4 is 0 Å². The van der Waals surface area contributed by atoms with Crippen LogP contribution in [0.15, 0.2) is 35.4 Å². The van der Waals surface area contributed by atoms with Gasteiger partial charge in [-0.3, -0.25) is 0 Å². The maximum Gasteiger partial charge on any atom is 0.0298 e. The number of allylic oxidation sites excluding steroid dienone is 2. The Morgan fingerprint density at radius 3 is 2.18 bits per heavy atom. The number of halogens is 1. The van der Waals surface area contributed by atoms with Gasteiger partial charge in [0.1, 0.15) is 0 Å². The summed E-state index contributed by atoms with van der Waals surface area (Å²) in [4.78, 5) is 0. The Hall–Kier alpha value is -0.750. The Bertz CT molecular complexity index is 298. The second kappa shape index (κ2) is 2.38. The van der Waals surface area contributed by atoms with Gasteiger partial charge in [-0.05, 0) is 11.1 Å². The van der Waals surface area contributed by atoms with Crippen molar-refractivity contribution in [3.63, 3.8) is 0 Å². The van der Waals surface area contributed by atoms with Crippen molar-refractivity contribution in [2.24, 2.45) is 5.92 Å². The van der Waals surface area contributed by atoms with E-state index in [1.807, 2.05) is 18.2 Å². The van der Waals surface area contributed by atoms with Gasteiger partial charge in [0.25, 0.3) is 0 Å². The minimum atomic E-state index is 0.499. The second-order valence-electron chi connectivity index (χ2n) is 2.85. The van der Waals surface area contributed by atoms with Gasteiger partial charge in [-0.25, -0.2) is 0 Å². The molecule has 1 aliphatic rings. The fourth-order valence-corrected chi connectivity index (χ4v) is 1.63. The molecule has 0 spiro atoms. The summed E-state index contributed by atoms with van der Waals surface area (Å²) < 4.78 is 0. The van der Waals surface area contributed by atoms with E-state index in [4.69, 9.17) is 11.6 Å². The summed E-state index contributed by atoms with van der Waals surface area (Å²) in [7, 11) is 0. The summed E-state index contributed by atoms with van der Waals surface area (Å²) in [5.74, 6) is 0.499. The lowest BCUT2D eigenvalue weighted by Gasteiger charge is -1.91. The zero-order valence-corrected chi connectivity index (χ0v) is 7.10. The maximum absolute atomic E-state index is 5.92. The first-order valence-electron chi connectivity index (χ1n) is 3.75. The van der Waals surface area contributed by atoms with Crippen LogP contribution in [0.3, 0.4) is 0 Å². The first-order valence-corrected chi connectivity index (χ1v) is 4.13. The molecule has 2 rings (SSSR count). The zero-order valence-electron chi connectivity index (χ0n) is 6.34. The molecule has 0 saturated heterocycles. The van der Waals surface area contributed by atoms with Crippen molar-refractivity contribution in [2.75, 3.05) is 0 Å². The van der Waals surface area contributed by atoms with E-state index in [9.17, 15) is 0 Å². The lowest BCUT2D eigenvalue weighted by molar-refractivity contribution is 1.09. The van der Waals surface area contributed by atoms with E-state index >= 15 is 0 Å². The second-order valence-corrected chi connectivity index (χ2v) is 3.26. The Morgan fingerprint density at radius 2 is 1.73 bits per heavy atom. The van der Waals surface area contributed by atoms with Crippen LogP contribution in [0, 0.1) is 5.92 Å². The topological polar surface area (TPSA) is 0 Å². The molecule has 1 aromatic rings. The van der Waals surface area contributed by atoms with Gasteiger partial charge in [-0.1, -0.05) is 48.9 Å². The molecule has 0 radical (unpaired) electrons. The van der Waals surface area contributed by atoms with E-state index in [0.717, 1.165) is 5.03 Å². The van der Waals surface area contributed by atoms with Crippen molar-refractivity contribution in [2.45, 2.75) is 6.92 Å². The Balaban J connectivity index is 2.34. The summed E-state index contributed by atoms with van der Waals surface area (Å²) in [5, 5.41) is 1.02. The minimum Gasteiger partial charge on any atom is -0.0881 e. The van der Waals surface area contributed by atoms with Gasteiger partial charge in [-0.2, -0.15) is 0 Å². The average molecular weight is 165 g/mol. The van der Waals surface area contributed by atoms with Crippen LogP contribution in [0.25, 0.3) is 5.57 Å². The fourth-order valence-electron chi connectivity index (χ4n) is 1.31. The highest BCUT2D eigenvalue weighted by molar-refractivity contribution is 6.38. The van der Waals surface area contributed by atoms with E-state index in [-0.39, 0.29) is 0 Å². The molecule has 1 aliphatic carbocycles. The van der Waals surface area contributed by atoms with Crippen LogP contribution in [0.4, 0.5) is 0 Å². The van der Waals surface area contributed by atoms with Crippen LogP contribution in [-0.2, 0) is 0 Å². The molecule has 1 unspecified atom stereocenters. The van der Waals surface area contributed by atoms with Gasteiger partial charge in [0.15, 0.2) is 0 Å². The van der Waals surface area contributed by atoms with E-state index in [1.54, 1.807) is 0 Å². The molecule has 0 nitrogen and oxygen atoms in total. The first kappa shape index (κ1) is 6.93. The summed E-state index contributed by atoms with van der Waals surface area (Å²) >= 11 is 5.92. The Kier molecular flexibility index (Phi) is 1.50. The fraction of sp³-hybridized carbons (Fsp3) is 0.200. The number of hydrogen-bond acceptors (Lipinski definition) is 0. The highest BCUT2D eigenvalue weighted by Crippen LogP contribution is 2.48. The monoisotopic (exact) mass is 164 g/mol. The third-order valence-corrected chi connectivity index (χ3v) is 2.60. The summed E-state index contributed by atoms with van der Waals surface area (Å²) in [6.07, 6.45) is 0. The van der Waals surface area contributed by atoms with E-state index < -0.39 is 0 Å². The molecule has 0 heterocycles. The Morgan fingerprint density at radius 1 is 1.18 bits per heavy atom. The molecule has 11 heavy (non-hydrogen) atoms. The molecule has 1 aromatic carbocycles. The van der Waals surface area contributed by atoms with Crippen molar-refractivity contribution in [1.29, 1.82) is 0 Å². The number of rotatable bonds is 1. The van der Waals surface area contributed by atoms with Gasteiger partial charge >= 0.3 is 0 Å². The van der Waals surface area contributed by atoms with Gasteiger partial charge in [0.05, 0.1) is 0 Å². The first-order chi connectivity index (χ1) is 5.30. The van der Waals surface area contributed by atoms with Gasteiger partial charge in [-0.15, -0.1) is 0 Å². The van der Waals surface area contributed by atoms with Crippen LogP contribution in [0.1, 0.15) is 12.5 Å². The third-order valence-electron chi connectivity index (χ3n) is 2.07. The van der Waals surface area contributed by atoms with Crippen LogP contribution >= 0.6 is 11.6 Å². The molecule has 1 heteroatoms. The molecule has 56 valence electrons. The molecular formula is C10H9Cl. The van der Waals surface area contributed by atoms with Crippen LogP contribution in [0.2, 0.25) is 0 Å². The highest BCUT2D eigenvalue weighted by Gasteiger charge is 2.31. The average Bonchev–Trinajstić information content (AvgIpc) is 2.62. The molecule has 0 aliphatic heterocycles. The molecule has 0 N–H and O–H groups in total. The van der Waals surface area contributed by atoms with Crippen LogP contribution in [0.5, 0.6) is 0 Å². The number of benzene rings is 1.